The van der Waals surface area contributed by atoms with Crippen LogP contribution in [0.1, 0.15) is 33.1 Å². The first-order valence-corrected chi connectivity index (χ1v) is 8.38. The van der Waals surface area contributed by atoms with Gasteiger partial charge >= 0.3 is 5.97 Å². The second kappa shape index (κ2) is 11.7. The first kappa shape index (κ1) is 24.1. The van der Waals surface area contributed by atoms with Gasteiger partial charge in [-0.1, -0.05) is 13.8 Å². The molecule has 0 radical (unpaired) electrons. The molecule has 11 N–H and O–H groups in total. The summed E-state index contributed by atoms with van der Waals surface area (Å²) in [5.74, 6) is -4.08. The number of nitrogens with zero attached hydrogens (tertiary/aromatic N) is 1. The van der Waals surface area contributed by atoms with Crippen LogP contribution in [0.5, 0.6) is 0 Å². The molecule has 3 atom stereocenters. The van der Waals surface area contributed by atoms with Crippen LogP contribution in [0.4, 0.5) is 0 Å². The van der Waals surface area contributed by atoms with E-state index in [-0.39, 0.29) is 18.9 Å². The molecule has 0 aliphatic heterocycles. The summed E-state index contributed by atoms with van der Waals surface area (Å²) in [5, 5.41) is 13.8. The smallest absolute Gasteiger partial charge is 0.326 e. The van der Waals surface area contributed by atoms with E-state index in [1.807, 2.05) is 0 Å². The number of primary amides is 1. The number of guanidine groups is 1. The van der Waals surface area contributed by atoms with Gasteiger partial charge in [-0.3, -0.25) is 19.4 Å². The minimum atomic E-state index is -1.33. The molecule has 0 aromatic rings. The lowest BCUT2D eigenvalue weighted by molar-refractivity contribution is -0.143. The number of aliphatic imine (C=N–C) groups is 1. The fourth-order valence-electron chi connectivity index (χ4n) is 2.11. The Bertz CT molecular complexity index is 575. The molecule has 154 valence electrons. The third kappa shape index (κ3) is 9.99. The summed E-state index contributed by atoms with van der Waals surface area (Å²) < 4.78 is 0. The number of aliphatic carboxylic acids is 1. The maximum absolute atomic E-state index is 12.3. The van der Waals surface area contributed by atoms with Crippen LogP contribution in [0.2, 0.25) is 0 Å². The highest BCUT2D eigenvalue weighted by atomic mass is 16.4. The molecule has 3 unspecified atom stereocenters. The molecule has 0 heterocycles. The van der Waals surface area contributed by atoms with Gasteiger partial charge in [-0.05, 0) is 18.8 Å². The normalized spacial score (nSPS) is 13.9. The van der Waals surface area contributed by atoms with E-state index >= 15 is 0 Å². The van der Waals surface area contributed by atoms with E-state index in [1.54, 1.807) is 13.8 Å². The van der Waals surface area contributed by atoms with E-state index in [1.165, 1.54) is 0 Å². The maximum Gasteiger partial charge on any atom is 0.326 e. The van der Waals surface area contributed by atoms with Gasteiger partial charge in [0.05, 0.1) is 12.5 Å². The summed E-state index contributed by atoms with van der Waals surface area (Å²) in [5.41, 5.74) is 21.2. The lowest BCUT2D eigenvalue weighted by Crippen LogP contribution is -2.56. The second-order valence-electron chi connectivity index (χ2n) is 6.36. The quantitative estimate of drug-likeness (QED) is 0.103. The summed E-state index contributed by atoms with van der Waals surface area (Å²) >= 11 is 0. The standard InChI is InChI=1S/C15H29N7O5/c1-7(2)11(14(26)27)22-13(25)9(6-10(17)23)21-12(24)8(16)4-3-5-20-15(18)19/h7-9,11H,3-6,16H2,1-2H3,(H2,17,23)(H,21,24)(H,22,25)(H,26,27)(H4,18,19,20). The van der Waals surface area contributed by atoms with Crippen LogP contribution in [-0.2, 0) is 19.2 Å². The van der Waals surface area contributed by atoms with Crippen molar-refractivity contribution in [2.24, 2.45) is 33.8 Å². The van der Waals surface area contributed by atoms with E-state index < -0.39 is 54.2 Å². The highest BCUT2D eigenvalue weighted by molar-refractivity contribution is 5.94. The van der Waals surface area contributed by atoms with Gasteiger partial charge in [-0.2, -0.15) is 0 Å². The number of amides is 3. The molecular weight excluding hydrogens is 358 g/mol. The number of rotatable bonds is 12. The van der Waals surface area contributed by atoms with Crippen LogP contribution in [-0.4, -0.2) is 59.4 Å². The van der Waals surface area contributed by atoms with Crippen LogP contribution in [0.25, 0.3) is 0 Å². The first-order valence-electron chi connectivity index (χ1n) is 8.38. The van der Waals surface area contributed by atoms with Crippen molar-refractivity contribution in [2.45, 2.75) is 51.2 Å². The molecule has 0 aromatic carbocycles. The van der Waals surface area contributed by atoms with Crippen LogP contribution in [0, 0.1) is 5.92 Å². The number of carbonyl (C=O) groups excluding carboxylic acids is 3. The highest BCUT2D eigenvalue weighted by Crippen LogP contribution is 2.04. The molecule has 3 amide bonds. The molecule has 0 aromatic heterocycles. The van der Waals surface area contributed by atoms with Crippen molar-refractivity contribution in [3.05, 3.63) is 0 Å². The Morgan fingerprint density at radius 3 is 2.07 bits per heavy atom. The minimum absolute atomic E-state index is 0.0793. The van der Waals surface area contributed by atoms with Crippen LogP contribution < -0.4 is 33.6 Å². The van der Waals surface area contributed by atoms with E-state index in [0.29, 0.717) is 6.42 Å². The fourth-order valence-corrected chi connectivity index (χ4v) is 2.11. The largest absolute Gasteiger partial charge is 0.480 e. The molecule has 0 fully saturated rings. The van der Waals surface area contributed by atoms with Crippen LogP contribution >= 0.6 is 0 Å². The van der Waals surface area contributed by atoms with Gasteiger partial charge in [0.15, 0.2) is 5.96 Å². The monoisotopic (exact) mass is 387 g/mol. The molecule has 0 spiro atoms. The van der Waals surface area contributed by atoms with Crippen molar-refractivity contribution >= 4 is 29.7 Å². The van der Waals surface area contributed by atoms with Crippen molar-refractivity contribution in [3.63, 3.8) is 0 Å². The zero-order valence-corrected chi connectivity index (χ0v) is 15.5. The number of nitrogens with two attached hydrogens (primary N) is 4. The Morgan fingerprint density at radius 1 is 1.04 bits per heavy atom. The van der Waals surface area contributed by atoms with Gasteiger partial charge < -0.3 is 38.7 Å². The fraction of sp³-hybridized carbons (Fsp3) is 0.667. The predicted octanol–water partition coefficient (Wildman–Crippen LogP) is -3.05. The third-order valence-corrected chi connectivity index (χ3v) is 3.57. The number of hydrogen-bond donors (Lipinski definition) is 7. The van der Waals surface area contributed by atoms with Crippen LogP contribution in [0.15, 0.2) is 4.99 Å². The molecule has 12 heteroatoms. The molecule has 0 saturated carbocycles. The minimum Gasteiger partial charge on any atom is -0.480 e. The topological polar surface area (TPSA) is 229 Å². The van der Waals surface area contributed by atoms with Gasteiger partial charge in [0.2, 0.25) is 17.7 Å². The highest BCUT2D eigenvalue weighted by Gasteiger charge is 2.30. The van der Waals surface area contributed by atoms with E-state index in [9.17, 15) is 19.2 Å². The van der Waals surface area contributed by atoms with Gasteiger partial charge in [0.25, 0.3) is 0 Å². The summed E-state index contributed by atoms with van der Waals surface area (Å²) in [6.07, 6.45) is 0.160. The number of nitrogens with one attached hydrogen (secondary N) is 2. The summed E-state index contributed by atoms with van der Waals surface area (Å²) in [4.78, 5) is 50.6. The second-order valence-corrected chi connectivity index (χ2v) is 6.36. The van der Waals surface area contributed by atoms with E-state index in [4.69, 9.17) is 28.0 Å². The average molecular weight is 387 g/mol. The zero-order chi connectivity index (χ0) is 21.1. The zero-order valence-electron chi connectivity index (χ0n) is 15.5. The predicted molar refractivity (Wildman–Crippen MR) is 98.0 cm³/mol. The van der Waals surface area contributed by atoms with Gasteiger partial charge in [0.1, 0.15) is 12.1 Å². The summed E-state index contributed by atoms with van der Waals surface area (Å²) in [6.45, 7) is 3.49. The average Bonchev–Trinajstić information content (AvgIpc) is 2.54. The molecule has 0 aliphatic rings. The lowest BCUT2D eigenvalue weighted by atomic mass is 10.0. The molecular formula is C15H29N7O5. The molecule has 0 aliphatic carbocycles. The molecule has 27 heavy (non-hydrogen) atoms. The van der Waals surface area contributed by atoms with Crippen molar-refractivity contribution in [3.8, 4) is 0 Å². The van der Waals surface area contributed by atoms with Crippen molar-refractivity contribution in [1.29, 1.82) is 0 Å². The van der Waals surface area contributed by atoms with E-state index in [0.717, 1.165) is 0 Å². The van der Waals surface area contributed by atoms with Gasteiger partial charge in [-0.15, -0.1) is 0 Å². The number of carboxylic acid groups (broad SMARTS) is 1. The Kier molecular flexibility index (Phi) is 10.4. The first-order chi connectivity index (χ1) is 12.5. The SMILES string of the molecule is CC(C)C(NC(=O)C(CC(N)=O)NC(=O)C(N)CCCN=C(N)N)C(=O)O. The lowest BCUT2D eigenvalue weighted by Gasteiger charge is -2.23. The Hall–Kier alpha value is -2.89. The number of carbonyl (C=O) groups is 4. The Balaban J connectivity index is 4.91. The maximum atomic E-state index is 12.3. The number of carboxylic acids is 1. The molecule has 0 saturated heterocycles. The molecule has 12 nitrogen and oxygen atoms in total. The summed E-state index contributed by atoms with van der Waals surface area (Å²) in [6, 6.07) is -3.49. The number of hydrogen-bond acceptors (Lipinski definition) is 6. The van der Waals surface area contributed by atoms with Crippen molar-refractivity contribution in [1.82, 2.24) is 10.6 Å². The Labute approximate surface area is 157 Å². The van der Waals surface area contributed by atoms with Crippen molar-refractivity contribution < 1.29 is 24.3 Å². The van der Waals surface area contributed by atoms with Crippen LogP contribution in [0.3, 0.4) is 0 Å². The Morgan fingerprint density at radius 2 is 1.63 bits per heavy atom. The van der Waals surface area contributed by atoms with Gasteiger partial charge in [0, 0.05) is 6.54 Å². The van der Waals surface area contributed by atoms with Gasteiger partial charge in [-0.25, -0.2) is 4.79 Å². The molecule has 0 rings (SSSR count). The van der Waals surface area contributed by atoms with Crippen molar-refractivity contribution in [2.75, 3.05) is 6.54 Å². The third-order valence-electron chi connectivity index (χ3n) is 3.57. The van der Waals surface area contributed by atoms with E-state index in [2.05, 4.69) is 15.6 Å². The summed E-state index contributed by atoms with van der Waals surface area (Å²) in [7, 11) is 0. The molecule has 0 bridgehead atoms.